The molecule has 0 aliphatic carbocycles. The number of rotatable bonds is 4. The van der Waals surface area contributed by atoms with Gasteiger partial charge in [-0.05, 0) is 34.8 Å². The van der Waals surface area contributed by atoms with E-state index in [9.17, 15) is 0 Å². The van der Waals surface area contributed by atoms with Crippen LogP contribution in [0.4, 0.5) is 0 Å². The van der Waals surface area contributed by atoms with Gasteiger partial charge >= 0.3 is 0 Å². The molecule has 2 nitrogen and oxygen atoms in total. The smallest absolute Gasteiger partial charge is 0.260 e. The fraction of sp³-hybridized carbons (Fsp3) is 0.280. The molecule has 1 heterocycles. The fourth-order valence-electron chi connectivity index (χ4n) is 4.82. The van der Waals surface area contributed by atoms with Gasteiger partial charge in [0, 0.05) is 5.41 Å². The molecule has 1 saturated heterocycles. The molecule has 150 valence electrons. The van der Waals surface area contributed by atoms with Crippen LogP contribution in [-0.4, -0.2) is 24.6 Å². The monoisotopic (exact) mass is 418 g/mol. The molecule has 4 heteroatoms. The third-order valence-electron chi connectivity index (χ3n) is 6.97. The minimum absolute atomic E-state index is 0.157. The molecule has 0 aromatic heterocycles. The Labute approximate surface area is 178 Å². The van der Waals surface area contributed by atoms with Crippen molar-refractivity contribution in [3.8, 4) is 0 Å². The van der Waals surface area contributed by atoms with Gasteiger partial charge in [-0.1, -0.05) is 105 Å². The van der Waals surface area contributed by atoms with E-state index in [1.807, 2.05) is 0 Å². The van der Waals surface area contributed by atoms with Gasteiger partial charge in [0.25, 0.3) is 8.32 Å². The Morgan fingerprint density at radius 2 is 1.24 bits per heavy atom. The summed E-state index contributed by atoms with van der Waals surface area (Å²) in [4.78, 5) is 0. The lowest BCUT2D eigenvalue weighted by Crippen LogP contribution is -2.72. The Balaban J connectivity index is 1.96. The van der Waals surface area contributed by atoms with Crippen LogP contribution in [0, 0.1) is 5.41 Å². The van der Waals surface area contributed by atoms with Crippen molar-refractivity contribution in [2.45, 2.75) is 38.5 Å². The Hall–Kier alpha value is -1.99. The molecular formula is C25H30O2Si2. The maximum atomic E-state index is 7.20. The van der Waals surface area contributed by atoms with Crippen molar-refractivity contribution in [2.24, 2.45) is 5.41 Å². The Morgan fingerprint density at radius 3 is 1.69 bits per heavy atom. The lowest BCUT2D eigenvalue weighted by atomic mass is 9.70. The van der Waals surface area contributed by atoms with Gasteiger partial charge in [0.05, 0.1) is 0 Å². The van der Waals surface area contributed by atoms with Gasteiger partial charge in [0.1, 0.15) is 10.5 Å². The van der Waals surface area contributed by atoms with Gasteiger partial charge in [-0.15, -0.1) is 0 Å². The zero-order chi connectivity index (χ0) is 20.5. The second-order valence-electron chi connectivity index (χ2n) is 8.70. The van der Waals surface area contributed by atoms with E-state index in [0.717, 1.165) is 6.04 Å². The molecule has 0 radical (unpaired) electrons. The highest BCUT2D eigenvalue weighted by molar-refractivity contribution is 6.97. The molecule has 0 saturated carbocycles. The Kier molecular flexibility index (Phi) is 5.38. The fourth-order valence-corrected chi connectivity index (χ4v) is 10.5. The van der Waals surface area contributed by atoms with E-state index in [-0.39, 0.29) is 5.41 Å². The van der Waals surface area contributed by atoms with Gasteiger partial charge in [0.15, 0.2) is 5.79 Å². The van der Waals surface area contributed by atoms with Crippen LogP contribution >= 0.6 is 0 Å². The summed E-state index contributed by atoms with van der Waals surface area (Å²) in [5.41, 5.74) is 1.21. The molecule has 0 N–H and O–H groups in total. The topological polar surface area (TPSA) is 18.5 Å². The summed E-state index contributed by atoms with van der Waals surface area (Å²) < 4.78 is 13.5. The van der Waals surface area contributed by atoms with E-state index < -0.39 is 14.1 Å². The van der Waals surface area contributed by atoms with Crippen LogP contribution in [0.25, 0.3) is 0 Å². The summed E-state index contributed by atoms with van der Waals surface area (Å²) in [6.07, 6.45) is 0. The summed E-state index contributed by atoms with van der Waals surface area (Å²) in [6.45, 7) is 6.76. The molecular weight excluding hydrogens is 388 g/mol. The molecule has 1 aliphatic heterocycles. The molecule has 1 aliphatic rings. The highest BCUT2D eigenvalue weighted by Gasteiger charge is 2.60. The third kappa shape index (κ3) is 3.34. The summed E-state index contributed by atoms with van der Waals surface area (Å²) in [6, 6.07) is 33.6. The van der Waals surface area contributed by atoms with Crippen LogP contribution in [0.5, 0.6) is 0 Å². The van der Waals surface area contributed by atoms with Gasteiger partial charge in [-0.2, -0.15) is 0 Å². The zero-order valence-electron chi connectivity index (χ0n) is 17.8. The first-order valence-corrected chi connectivity index (χ1v) is 13.3. The zero-order valence-corrected chi connectivity index (χ0v) is 20.8. The van der Waals surface area contributed by atoms with Crippen molar-refractivity contribution in [2.75, 3.05) is 0 Å². The molecule has 3 aromatic rings. The Morgan fingerprint density at radius 1 is 0.793 bits per heavy atom. The van der Waals surface area contributed by atoms with E-state index in [1.54, 1.807) is 0 Å². The van der Waals surface area contributed by atoms with Crippen LogP contribution in [0.1, 0.15) is 32.3 Å². The molecule has 0 spiro atoms. The standard InChI is InChI=1S/C25H30O2Si2/c1-24(2)23(20-13-7-4-8-14-20)19-29(27-25(24,3)26-28,21-15-9-5-10-16-21)22-17-11-6-12-18-22/h4-18,23H,19H2,1-3,28H3. The molecule has 2 unspecified atom stereocenters. The Bertz CT molecular complexity index is 905. The molecule has 29 heavy (non-hydrogen) atoms. The van der Waals surface area contributed by atoms with Crippen LogP contribution in [0.3, 0.4) is 0 Å². The first kappa shape index (κ1) is 20.3. The molecule has 4 rings (SSSR count). The van der Waals surface area contributed by atoms with E-state index in [1.165, 1.54) is 15.9 Å². The van der Waals surface area contributed by atoms with E-state index in [0.29, 0.717) is 16.4 Å². The van der Waals surface area contributed by atoms with Crippen molar-refractivity contribution < 1.29 is 8.85 Å². The maximum Gasteiger partial charge on any atom is 0.260 e. The van der Waals surface area contributed by atoms with Crippen molar-refractivity contribution in [1.29, 1.82) is 0 Å². The van der Waals surface area contributed by atoms with Gasteiger partial charge in [-0.25, -0.2) is 0 Å². The normalized spacial score (nSPS) is 25.6. The van der Waals surface area contributed by atoms with Crippen molar-refractivity contribution in [3.05, 3.63) is 96.6 Å². The van der Waals surface area contributed by atoms with Crippen molar-refractivity contribution >= 4 is 29.2 Å². The number of hydrogen-bond acceptors (Lipinski definition) is 2. The first-order chi connectivity index (χ1) is 13.9. The van der Waals surface area contributed by atoms with Crippen molar-refractivity contribution in [1.82, 2.24) is 0 Å². The average Bonchev–Trinajstić information content (AvgIpc) is 2.77. The van der Waals surface area contributed by atoms with Gasteiger partial charge in [0.2, 0.25) is 0 Å². The third-order valence-corrected chi connectivity index (χ3v) is 12.0. The van der Waals surface area contributed by atoms with Gasteiger partial charge < -0.3 is 8.85 Å². The van der Waals surface area contributed by atoms with E-state index in [2.05, 4.69) is 112 Å². The maximum absolute atomic E-state index is 7.20. The lowest BCUT2D eigenvalue weighted by Gasteiger charge is -2.58. The molecule has 1 fully saturated rings. The molecule has 3 aromatic carbocycles. The summed E-state index contributed by atoms with van der Waals surface area (Å²) in [5, 5.41) is 2.63. The predicted molar refractivity (Wildman–Crippen MR) is 126 cm³/mol. The highest BCUT2D eigenvalue weighted by atomic mass is 28.4. The van der Waals surface area contributed by atoms with E-state index in [4.69, 9.17) is 8.85 Å². The summed E-state index contributed by atoms with van der Waals surface area (Å²) in [5.74, 6) is -0.306. The lowest BCUT2D eigenvalue weighted by molar-refractivity contribution is -0.199. The minimum Gasteiger partial charge on any atom is -0.402 e. The largest absolute Gasteiger partial charge is 0.402 e. The van der Waals surface area contributed by atoms with Crippen molar-refractivity contribution in [3.63, 3.8) is 0 Å². The van der Waals surface area contributed by atoms with Crippen LogP contribution in [0.2, 0.25) is 6.04 Å². The van der Waals surface area contributed by atoms with Crippen LogP contribution in [0.15, 0.2) is 91.0 Å². The second kappa shape index (κ2) is 7.69. The average molecular weight is 419 g/mol. The SMILES string of the molecule is CC1(O[SiH3])O[Si](c2ccccc2)(c2ccccc2)CC(c2ccccc2)C1(C)C. The highest BCUT2D eigenvalue weighted by Crippen LogP contribution is 2.54. The number of hydrogen-bond donors (Lipinski definition) is 0. The van der Waals surface area contributed by atoms with Crippen LogP contribution in [-0.2, 0) is 8.85 Å². The second-order valence-corrected chi connectivity index (χ2v) is 12.5. The quantitative estimate of drug-likeness (QED) is 0.603. The summed E-state index contributed by atoms with van der Waals surface area (Å²) >= 11 is 0. The summed E-state index contributed by atoms with van der Waals surface area (Å²) in [7, 11) is -1.90. The predicted octanol–water partition coefficient (Wildman–Crippen LogP) is 3.60. The van der Waals surface area contributed by atoms with E-state index >= 15 is 0 Å². The number of benzene rings is 3. The van der Waals surface area contributed by atoms with Crippen LogP contribution < -0.4 is 10.4 Å². The molecule has 2 atom stereocenters. The van der Waals surface area contributed by atoms with Gasteiger partial charge in [-0.3, -0.25) is 0 Å². The molecule has 0 bridgehead atoms. The molecule has 0 amide bonds. The first-order valence-electron chi connectivity index (χ1n) is 10.3. The minimum atomic E-state index is -2.53.